The second-order valence-electron chi connectivity index (χ2n) is 6.48. The van der Waals surface area contributed by atoms with Crippen molar-refractivity contribution in [3.8, 4) is 17.2 Å². The minimum Gasteiger partial charge on any atom is -0.491 e. The maximum atomic E-state index is 12.7. The normalized spacial score (nSPS) is 16.4. The van der Waals surface area contributed by atoms with Gasteiger partial charge in [-0.3, -0.25) is 9.69 Å². The molecule has 1 fully saturated rings. The second kappa shape index (κ2) is 8.06. The summed E-state index contributed by atoms with van der Waals surface area (Å²) in [6.07, 6.45) is 0. The SMILES string of the molecule is O=C(c1ccc2c(c1)OCO2)N1CCN(CCOc2ccccc2Cl)CC1. The molecule has 0 atom stereocenters. The van der Waals surface area contributed by atoms with Crippen molar-refractivity contribution in [1.29, 1.82) is 0 Å². The summed E-state index contributed by atoms with van der Waals surface area (Å²) in [6.45, 7) is 4.61. The van der Waals surface area contributed by atoms with E-state index in [1.165, 1.54) is 0 Å². The molecule has 7 heteroatoms. The van der Waals surface area contributed by atoms with E-state index in [1.807, 2.05) is 29.2 Å². The van der Waals surface area contributed by atoms with Crippen LogP contribution in [0.25, 0.3) is 0 Å². The van der Waals surface area contributed by atoms with Crippen molar-refractivity contribution < 1.29 is 19.0 Å². The molecule has 2 aromatic carbocycles. The first kappa shape index (κ1) is 17.9. The molecule has 0 radical (unpaired) electrons. The van der Waals surface area contributed by atoms with Crippen LogP contribution in [0.2, 0.25) is 5.02 Å². The van der Waals surface area contributed by atoms with E-state index in [0.717, 1.165) is 19.6 Å². The number of para-hydroxylation sites is 1. The molecule has 0 spiro atoms. The average Bonchev–Trinajstić information content (AvgIpc) is 3.17. The van der Waals surface area contributed by atoms with E-state index in [0.29, 0.717) is 47.5 Å². The number of fused-ring (bicyclic) bond motifs is 1. The van der Waals surface area contributed by atoms with Gasteiger partial charge in [0.05, 0.1) is 5.02 Å². The van der Waals surface area contributed by atoms with Gasteiger partial charge in [0, 0.05) is 38.3 Å². The standard InChI is InChI=1S/C20H21ClN2O4/c21-16-3-1-2-4-17(16)25-12-11-22-7-9-23(10-8-22)20(24)15-5-6-18-19(13-15)27-14-26-18/h1-6,13H,7-12,14H2. The van der Waals surface area contributed by atoms with Crippen molar-refractivity contribution in [3.63, 3.8) is 0 Å². The first-order valence-corrected chi connectivity index (χ1v) is 9.37. The van der Waals surface area contributed by atoms with Gasteiger partial charge in [-0.2, -0.15) is 0 Å². The number of nitrogens with zero attached hydrogens (tertiary/aromatic N) is 2. The molecule has 0 aromatic heterocycles. The zero-order chi connectivity index (χ0) is 18.6. The molecule has 4 rings (SSSR count). The summed E-state index contributed by atoms with van der Waals surface area (Å²) in [5, 5.41) is 0.622. The third-order valence-corrected chi connectivity index (χ3v) is 5.09. The van der Waals surface area contributed by atoms with Crippen molar-refractivity contribution >= 4 is 17.5 Å². The summed E-state index contributed by atoms with van der Waals surface area (Å²) < 4.78 is 16.4. The number of benzene rings is 2. The van der Waals surface area contributed by atoms with Crippen LogP contribution in [0.1, 0.15) is 10.4 Å². The molecule has 0 unspecified atom stereocenters. The topological polar surface area (TPSA) is 51.2 Å². The molecule has 2 heterocycles. The Hall–Kier alpha value is -2.44. The van der Waals surface area contributed by atoms with Crippen LogP contribution >= 0.6 is 11.6 Å². The van der Waals surface area contributed by atoms with E-state index >= 15 is 0 Å². The van der Waals surface area contributed by atoms with Crippen LogP contribution in [0.4, 0.5) is 0 Å². The average molecular weight is 389 g/mol. The largest absolute Gasteiger partial charge is 0.491 e. The van der Waals surface area contributed by atoms with Crippen LogP contribution in [0.15, 0.2) is 42.5 Å². The number of piperazine rings is 1. The Labute approximate surface area is 163 Å². The number of rotatable bonds is 5. The molecule has 1 amide bonds. The number of hydrogen-bond acceptors (Lipinski definition) is 5. The number of ether oxygens (including phenoxy) is 3. The molecule has 0 aliphatic carbocycles. The number of hydrogen-bond donors (Lipinski definition) is 0. The van der Waals surface area contributed by atoms with Crippen LogP contribution in [0.3, 0.4) is 0 Å². The monoisotopic (exact) mass is 388 g/mol. The van der Waals surface area contributed by atoms with Gasteiger partial charge in [-0.15, -0.1) is 0 Å². The Morgan fingerprint density at radius 2 is 1.81 bits per heavy atom. The van der Waals surface area contributed by atoms with E-state index in [-0.39, 0.29) is 12.7 Å². The third-order valence-electron chi connectivity index (χ3n) is 4.78. The zero-order valence-electron chi connectivity index (χ0n) is 14.9. The highest BCUT2D eigenvalue weighted by molar-refractivity contribution is 6.32. The van der Waals surface area contributed by atoms with Crippen LogP contribution in [-0.2, 0) is 0 Å². The molecule has 0 N–H and O–H groups in total. The molecule has 6 nitrogen and oxygen atoms in total. The van der Waals surface area contributed by atoms with E-state index in [4.69, 9.17) is 25.8 Å². The third kappa shape index (κ3) is 4.12. The van der Waals surface area contributed by atoms with Gasteiger partial charge in [0.25, 0.3) is 5.91 Å². The summed E-state index contributed by atoms with van der Waals surface area (Å²) in [5.41, 5.74) is 0.634. The Bertz CT molecular complexity index is 821. The van der Waals surface area contributed by atoms with Gasteiger partial charge < -0.3 is 19.1 Å². The molecule has 0 saturated carbocycles. The fraction of sp³-hybridized carbons (Fsp3) is 0.350. The molecule has 2 aliphatic rings. The quantitative estimate of drug-likeness (QED) is 0.788. The molecule has 27 heavy (non-hydrogen) atoms. The van der Waals surface area contributed by atoms with Crippen LogP contribution < -0.4 is 14.2 Å². The molecule has 142 valence electrons. The van der Waals surface area contributed by atoms with Crippen LogP contribution in [0, 0.1) is 0 Å². The first-order valence-electron chi connectivity index (χ1n) is 8.99. The van der Waals surface area contributed by atoms with Crippen molar-refractivity contribution in [1.82, 2.24) is 9.80 Å². The zero-order valence-corrected chi connectivity index (χ0v) is 15.7. The van der Waals surface area contributed by atoms with Gasteiger partial charge in [-0.05, 0) is 30.3 Å². The van der Waals surface area contributed by atoms with Crippen LogP contribution in [-0.4, -0.2) is 61.8 Å². The van der Waals surface area contributed by atoms with E-state index in [1.54, 1.807) is 18.2 Å². The van der Waals surface area contributed by atoms with Gasteiger partial charge in [-0.25, -0.2) is 0 Å². The maximum absolute atomic E-state index is 12.7. The first-order chi connectivity index (χ1) is 13.2. The Kier molecular flexibility index (Phi) is 5.36. The highest BCUT2D eigenvalue weighted by Gasteiger charge is 2.24. The van der Waals surface area contributed by atoms with Crippen LogP contribution in [0.5, 0.6) is 17.2 Å². The van der Waals surface area contributed by atoms with Crippen molar-refractivity contribution in [2.24, 2.45) is 0 Å². The Balaban J connectivity index is 1.25. The van der Waals surface area contributed by atoms with E-state index in [9.17, 15) is 4.79 Å². The minimum absolute atomic E-state index is 0.0280. The molecular formula is C20H21ClN2O4. The lowest BCUT2D eigenvalue weighted by atomic mass is 10.1. The van der Waals surface area contributed by atoms with Gasteiger partial charge >= 0.3 is 0 Å². The molecule has 1 saturated heterocycles. The highest BCUT2D eigenvalue weighted by atomic mass is 35.5. The molecule has 2 aliphatic heterocycles. The van der Waals surface area contributed by atoms with E-state index in [2.05, 4.69) is 4.90 Å². The lowest BCUT2D eigenvalue weighted by Crippen LogP contribution is -2.49. The lowest BCUT2D eigenvalue weighted by Gasteiger charge is -2.34. The summed E-state index contributed by atoms with van der Waals surface area (Å²) in [6, 6.07) is 12.8. The summed E-state index contributed by atoms with van der Waals surface area (Å²) in [7, 11) is 0. The van der Waals surface area contributed by atoms with Gasteiger partial charge in [0.2, 0.25) is 6.79 Å². The molecular weight excluding hydrogens is 368 g/mol. The number of halogens is 1. The van der Waals surface area contributed by atoms with Crippen molar-refractivity contribution in [2.45, 2.75) is 0 Å². The predicted octanol–water partition coefficient (Wildman–Crippen LogP) is 2.91. The second-order valence-corrected chi connectivity index (χ2v) is 6.89. The number of amides is 1. The predicted molar refractivity (Wildman–Crippen MR) is 102 cm³/mol. The summed E-state index contributed by atoms with van der Waals surface area (Å²) >= 11 is 6.09. The van der Waals surface area contributed by atoms with Gasteiger partial charge in [0.15, 0.2) is 11.5 Å². The summed E-state index contributed by atoms with van der Waals surface area (Å²) in [4.78, 5) is 16.9. The fourth-order valence-electron chi connectivity index (χ4n) is 3.23. The smallest absolute Gasteiger partial charge is 0.254 e. The van der Waals surface area contributed by atoms with Gasteiger partial charge in [-0.1, -0.05) is 23.7 Å². The number of carbonyl (C=O) groups excluding carboxylic acids is 1. The summed E-state index contributed by atoms with van der Waals surface area (Å²) in [5.74, 6) is 2.06. The maximum Gasteiger partial charge on any atom is 0.254 e. The Morgan fingerprint density at radius 3 is 2.63 bits per heavy atom. The fourth-order valence-corrected chi connectivity index (χ4v) is 3.42. The lowest BCUT2D eigenvalue weighted by molar-refractivity contribution is 0.0620. The van der Waals surface area contributed by atoms with E-state index < -0.39 is 0 Å². The molecule has 2 aromatic rings. The highest BCUT2D eigenvalue weighted by Crippen LogP contribution is 2.32. The van der Waals surface area contributed by atoms with Crippen molar-refractivity contribution in [3.05, 3.63) is 53.1 Å². The van der Waals surface area contributed by atoms with Crippen molar-refractivity contribution in [2.75, 3.05) is 46.1 Å². The Morgan fingerprint density at radius 1 is 1.04 bits per heavy atom. The molecule has 0 bridgehead atoms. The van der Waals surface area contributed by atoms with Gasteiger partial charge in [0.1, 0.15) is 12.4 Å². The number of carbonyl (C=O) groups is 1. The minimum atomic E-state index is 0.0280.